The maximum absolute atomic E-state index is 11.9. The van der Waals surface area contributed by atoms with Crippen LogP contribution in [0.2, 0.25) is 0 Å². The van der Waals surface area contributed by atoms with Gasteiger partial charge in [0.05, 0.1) is 6.61 Å². The number of hydrogen-bond donors (Lipinski definition) is 2. The van der Waals surface area contributed by atoms with Crippen molar-refractivity contribution in [1.29, 1.82) is 0 Å². The van der Waals surface area contributed by atoms with Crippen molar-refractivity contribution in [3.05, 3.63) is 53.9 Å². The van der Waals surface area contributed by atoms with Gasteiger partial charge in [-0.3, -0.25) is 9.48 Å². The topological polar surface area (TPSA) is 67.2 Å². The van der Waals surface area contributed by atoms with Crippen molar-refractivity contribution in [2.24, 2.45) is 0 Å². The Morgan fingerprint density at radius 2 is 2.21 bits per heavy atom. The zero-order chi connectivity index (χ0) is 13.7. The van der Waals surface area contributed by atoms with Crippen LogP contribution in [0.25, 0.3) is 0 Å². The summed E-state index contributed by atoms with van der Waals surface area (Å²) in [4.78, 5) is 11.9. The number of aliphatic hydroxyl groups excluding tert-OH is 1. The van der Waals surface area contributed by atoms with Crippen LogP contribution in [-0.2, 0) is 17.9 Å². The Bertz CT molecular complexity index is 537. The van der Waals surface area contributed by atoms with E-state index in [0.717, 1.165) is 11.1 Å². The van der Waals surface area contributed by atoms with E-state index in [1.807, 2.05) is 24.3 Å². The highest BCUT2D eigenvalue weighted by Gasteiger charge is 2.14. The quantitative estimate of drug-likeness (QED) is 0.849. The van der Waals surface area contributed by atoms with Gasteiger partial charge in [-0.15, -0.1) is 0 Å². The van der Waals surface area contributed by atoms with Gasteiger partial charge in [0, 0.05) is 18.9 Å². The van der Waals surface area contributed by atoms with E-state index in [0.29, 0.717) is 6.54 Å². The SMILES string of the molecule is CC(C(=O)NCc1cccc(CO)c1)n1cccn1. The molecule has 1 atom stereocenters. The number of amides is 1. The third-order valence-corrected chi connectivity index (χ3v) is 2.94. The van der Waals surface area contributed by atoms with E-state index < -0.39 is 0 Å². The van der Waals surface area contributed by atoms with Gasteiger partial charge in [0.1, 0.15) is 6.04 Å². The van der Waals surface area contributed by atoms with Crippen LogP contribution < -0.4 is 5.32 Å². The molecule has 0 aliphatic rings. The second-order valence-corrected chi connectivity index (χ2v) is 4.36. The van der Waals surface area contributed by atoms with Crippen LogP contribution in [0.3, 0.4) is 0 Å². The third kappa shape index (κ3) is 3.42. The number of carbonyl (C=O) groups excluding carboxylic acids is 1. The Morgan fingerprint density at radius 3 is 2.89 bits per heavy atom. The van der Waals surface area contributed by atoms with E-state index in [-0.39, 0.29) is 18.6 Å². The van der Waals surface area contributed by atoms with Crippen molar-refractivity contribution < 1.29 is 9.90 Å². The molecule has 0 aliphatic heterocycles. The Labute approximate surface area is 111 Å². The van der Waals surface area contributed by atoms with Gasteiger partial charge in [0.15, 0.2) is 0 Å². The first-order chi connectivity index (χ1) is 9.20. The van der Waals surface area contributed by atoms with E-state index in [1.165, 1.54) is 0 Å². The molecule has 1 heterocycles. The van der Waals surface area contributed by atoms with Crippen molar-refractivity contribution in [1.82, 2.24) is 15.1 Å². The molecule has 5 heteroatoms. The van der Waals surface area contributed by atoms with E-state index in [9.17, 15) is 4.79 Å². The van der Waals surface area contributed by atoms with E-state index in [4.69, 9.17) is 5.11 Å². The fourth-order valence-electron chi connectivity index (χ4n) is 1.80. The molecular weight excluding hydrogens is 242 g/mol. The van der Waals surface area contributed by atoms with E-state index in [1.54, 1.807) is 30.1 Å². The standard InChI is InChI=1S/C14H17N3O2/c1-11(17-7-3-6-16-17)14(19)15-9-12-4-2-5-13(8-12)10-18/h2-8,11,18H,9-10H2,1H3,(H,15,19). The van der Waals surface area contributed by atoms with Crippen molar-refractivity contribution in [3.63, 3.8) is 0 Å². The first-order valence-corrected chi connectivity index (χ1v) is 6.16. The van der Waals surface area contributed by atoms with E-state index >= 15 is 0 Å². The summed E-state index contributed by atoms with van der Waals surface area (Å²) in [5.74, 6) is -0.0851. The van der Waals surface area contributed by atoms with Gasteiger partial charge >= 0.3 is 0 Å². The lowest BCUT2D eigenvalue weighted by molar-refractivity contribution is -0.124. The van der Waals surface area contributed by atoms with E-state index in [2.05, 4.69) is 10.4 Å². The average Bonchev–Trinajstić information content (AvgIpc) is 2.98. The first kappa shape index (κ1) is 13.3. The average molecular weight is 259 g/mol. The molecule has 5 nitrogen and oxygen atoms in total. The number of rotatable bonds is 5. The van der Waals surface area contributed by atoms with Gasteiger partial charge in [-0.05, 0) is 24.1 Å². The van der Waals surface area contributed by atoms with Crippen molar-refractivity contribution >= 4 is 5.91 Å². The minimum Gasteiger partial charge on any atom is -0.392 e. The van der Waals surface area contributed by atoms with Crippen molar-refractivity contribution in [3.8, 4) is 0 Å². The molecule has 2 N–H and O–H groups in total. The summed E-state index contributed by atoms with van der Waals surface area (Å²) in [6.45, 7) is 2.25. The lowest BCUT2D eigenvalue weighted by atomic mass is 10.1. The molecule has 1 amide bonds. The highest BCUT2D eigenvalue weighted by atomic mass is 16.3. The fourth-order valence-corrected chi connectivity index (χ4v) is 1.80. The highest BCUT2D eigenvalue weighted by Crippen LogP contribution is 2.07. The molecule has 1 aromatic heterocycles. The number of hydrogen-bond acceptors (Lipinski definition) is 3. The molecular formula is C14H17N3O2. The van der Waals surface area contributed by atoms with Crippen LogP contribution in [0.5, 0.6) is 0 Å². The lowest BCUT2D eigenvalue weighted by Gasteiger charge is -2.13. The van der Waals surface area contributed by atoms with Crippen LogP contribution in [-0.4, -0.2) is 20.8 Å². The number of benzene rings is 1. The lowest BCUT2D eigenvalue weighted by Crippen LogP contribution is -2.30. The first-order valence-electron chi connectivity index (χ1n) is 6.16. The van der Waals surface area contributed by atoms with Crippen LogP contribution in [0.1, 0.15) is 24.1 Å². The summed E-state index contributed by atoms with van der Waals surface area (Å²) in [5, 5.41) is 16.0. The second-order valence-electron chi connectivity index (χ2n) is 4.36. The van der Waals surface area contributed by atoms with Gasteiger partial charge < -0.3 is 10.4 Å². The van der Waals surface area contributed by atoms with Crippen LogP contribution in [0, 0.1) is 0 Å². The Hall–Kier alpha value is -2.14. The zero-order valence-corrected chi connectivity index (χ0v) is 10.8. The summed E-state index contributed by atoms with van der Waals surface area (Å²) in [5.41, 5.74) is 1.81. The van der Waals surface area contributed by atoms with Crippen LogP contribution in [0.4, 0.5) is 0 Å². The normalized spacial score (nSPS) is 12.1. The smallest absolute Gasteiger partial charge is 0.244 e. The molecule has 1 unspecified atom stereocenters. The number of aromatic nitrogens is 2. The third-order valence-electron chi connectivity index (χ3n) is 2.94. The molecule has 0 saturated carbocycles. The number of nitrogens with one attached hydrogen (secondary N) is 1. The molecule has 0 bridgehead atoms. The summed E-state index contributed by atoms with van der Waals surface area (Å²) in [6.07, 6.45) is 3.41. The van der Waals surface area contributed by atoms with Gasteiger partial charge in [0.2, 0.25) is 5.91 Å². The minimum atomic E-state index is -0.337. The van der Waals surface area contributed by atoms with Crippen molar-refractivity contribution in [2.75, 3.05) is 0 Å². The molecule has 2 aromatic rings. The Morgan fingerprint density at radius 1 is 1.42 bits per heavy atom. The minimum absolute atomic E-state index is 0.00543. The molecule has 19 heavy (non-hydrogen) atoms. The highest BCUT2D eigenvalue weighted by molar-refractivity contribution is 5.79. The molecule has 0 fully saturated rings. The molecule has 0 spiro atoms. The Kier molecular flexibility index (Phi) is 4.30. The summed E-state index contributed by atoms with van der Waals surface area (Å²) >= 11 is 0. The Balaban J connectivity index is 1.93. The predicted octanol–water partition coefficient (Wildman–Crippen LogP) is 1.25. The van der Waals surface area contributed by atoms with Gasteiger partial charge in [-0.2, -0.15) is 5.10 Å². The number of aliphatic hydroxyl groups is 1. The fraction of sp³-hybridized carbons (Fsp3) is 0.286. The van der Waals surface area contributed by atoms with Crippen LogP contribution in [0.15, 0.2) is 42.7 Å². The molecule has 1 aromatic carbocycles. The van der Waals surface area contributed by atoms with Gasteiger partial charge in [-0.25, -0.2) is 0 Å². The van der Waals surface area contributed by atoms with Crippen molar-refractivity contribution in [2.45, 2.75) is 26.1 Å². The second kappa shape index (κ2) is 6.15. The molecule has 0 saturated heterocycles. The van der Waals surface area contributed by atoms with Gasteiger partial charge in [-0.1, -0.05) is 24.3 Å². The maximum Gasteiger partial charge on any atom is 0.244 e. The summed E-state index contributed by atoms with van der Waals surface area (Å²) in [7, 11) is 0. The monoisotopic (exact) mass is 259 g/mol. The zero-order valence-electron chi connectivity index (χ0n) is 10.8. The summed E-state index contributed by atoms with van der Waals surface area (Å²) < 4.78 is 1.61. The molecule has 100 valence electrons. The number of nitrogens with zero attached hydrogens (tertiary/aromatic N) is 2. The van der Waals surface area contributed by atoms with Crippen LogP contribution >= 0.6 is 0 Å². The predicted molar refractivity (Wildman–Crippen MR) is 71.1 cm³/mol. The summed E-state index contributed by atoms with van der Waals surface area (Å²) in [6, 6.07) is 8.95. The largest absolute Gasteiger partial charge is 0.392 e. The molecule has 0 aliphatic carbocycles. The van der Waals surface area contributed by atoms with Gasteiger partial charge in [0.25, 0.3) is 0 Å². The number of carbonyl (C=O) groups is 1. The molecule has 0 radical (unpaired) electrons. The maximum atomic E-state index is 11.9. The molecule has 2 rings (SSSR count).